The zero-order chi connectivity index (χ0) is 18.8. The summed E-state index contributed by atoms with van der Waals surface area (Å²) in [4.78, 5) is 21.1. The molecule has 2 aromatic rings. The number of para-hydroxylation sites is 3. The Labute approximate surface area is 150 Å². The predicted molar refractivity (Wildman–Crippen MR) is 93.5 cm³/mol. The van der Waals surface area contributed by atoms with Crippen LogP contribution in [-0.2, 0) is 9.59 Å². The fourth-order valence-electron chi connectivity index (χ4n) is 1.64. The summed E-state index contributed by atoms with van der Waals surface area (Å²) in [6, 6.07) is 13.8. The number of benzene rings is 2. The third-order valence-electron chi connectivity index (χ3n) is 2.81. The molecule has 0 bridgehead atoms. The maximum atomic E-state index is 10.6. The minimum atomic E-state index is -1.01. The SMILES string of the molecule is CC(Oc1ccccc1Cl)C(=O)O.COc1ccccc1OC(C)=O. The van der Waals surface area contributed by atoms with Crippen LogP contribution >= 0.6 is 11.6 Å². The largest absolute Gasteiger partial charge is 0.493 e. The molecule has 0 saturated heterocycles. The molecule has 1 unspecified atom stereocenters. The van der Waals surface area contributed by atoms with Gasteiger partial charge in [0.2, 0.25) is 0 Å². The number of halogens is 1. The van der Waals surface area contributed by atoms with Gasteiger partial charge in [0.25, 0.3) is 0 Å². The molecule has 6 nitrogen and oxygen atoms in total. The molecule has 1 atom stereocenters. The molecule has 0 amide bonds. The summed E-state index contributed by atoms with van der Waals surface area (Å²) in [5.74, 6) is 0.0405. The maximum Gasteiger partial charge on any atom is 0.344 e. The van der Waals surface area contributed by atoms with Gasteiger partial charge in [0.15, 0.2) is 17.6 Å². The van der Waals surface area contributed by atoms with Crippen molar-refractivity contribution in [2.75, 3.05) is 7.11 Å². The summed E-state index contributed by atoms with van der Waals surface area (Å²) < 4.78 is 14.9. The van der Waals surface area contributed by atoms with E-state index in [2.05, 4.69) is 0 Å². The Morgan fingerprint density at radius 2 is 1.52 bits per heavy atom. The molecule has 25 heavy (non-hydrogen) atoms. The number of hydrogen-bond donors (Lipinski definition) is 1. The van der Waals surface area contributed by atoms with E-state index in [1.54, 1.807) is 42.5 Å². The average Bonchev–Trinajstić information content (AvgIpc) is 2.57. The number of carbonyl (C=O) groups is 2. The van der Waals surface area contributed by atoms with Crippen LogP contribution < -0.4 is 14.2 Å². The molecule has 1 N–H and O–H groups in total. The van der Waals surface area contributed by atoms with E-state index in [-0.39, 0.29) is 5.97 Å². The van der Waals surface area contributed by atoms with Crippen LogP contribution in [0, 0.1) is 0 Å². The zero-order valence-corrected chi connectivity index (χ0v) is 14.8. The molecule has 0 spiro atoms. The van der Waals surface area contributed by atoms with Crippen molar-refractivity contribution in [3.8, 4) is 17.2 Å². The van der Waals surface area contributed by atoms with E-state index in [1.165, 1.54) is 21.0 Å². The van der Waals surface area contributed by atoms with Gasteiger partial charge in [0, 0.05) is 6.92 Å². The van der Waals surface area contributed by atoms with Gasteiger partial charge in [0.05, 0.1) is 12.1 Å². The van der Waals surface area contributed by atoms with Crippen molar-refractivity contribution in [1.29, 1.82) is 0 Å². The number of hydrogen-bond acceptors (Lipinski definition) is 5. The Morgan fingerprint density at radius 1 is 1.00 bits per heavy atom. The number of carbonyl (C=O) groups excluding carboxylic acids is 1. The summed E-state index contributed by atoms with van der Waals surface area (Å²) >= 11 is 5.76. The molecule has 0 aromatic heterocycles. The van der Waals surface area contributed by atoms with Crippen molar-refractivity contribution < 1.29 is 28.9 Å². The van der Waals surface area contributed by atoms with Crippen molar-refractivity contribution >= 4 is 23.5 Å². The number of rotatable bonds is 5. The van der Waals surface area contributed by atoms with Gasteiger partial charge < -0.3 is 19.3 Å². The Bertz CT molecular complexity index is 716. The smallest absolute Gasteiger partial charge is 0.344 e. The van der Waals surface area contributed by atoms with Gasteiger partial charge in [-0.3, -0.25) is 4.79 Å². The van der Waals surface area contributed by atoms with E-state index in [1.807, 2.05) is 6.07 Å². The number of carboxylic acids is 1. The zero-order valence-electron chi connectivity index (χ0n) is 14.1. The van der Waals surface area contributed by atoms with Crippen LogP contribution in [0.5, 0.6) is 17.2 Å². The lowest BCUT2D eigenvalue weighted by molar-refractivity contribution is -0.144. The molecule has 0 aliphatic rings. The maximum absolute atomic E-state index is 10.6. The van der Waals surface area contributed by atoms with Crippen molar-refractivity contribution in [1.82, 2.24) is 0 Å². The van der Waals surface area contributed by atoms with Crippen LogP contribution in [-0.4, -0.2) is 30.3 Å². The fourth-order valence-corrected chi connectivity index (χ4v) is 1.82. The molecule has 2 rings (SSSR count). The second-order valence-electron chi connectivity index (χ2n) is 4.77. The summed E-state index contributed by atoms with van der Waals surface area (Å²) in [5.41, 5.74) is 0. The second kappa shape index (κ2) is 10.2. The number of methoxy groups -OCH3 is 1. The van der Waals surface area contributed by atoms with Crippen LogP contribution in [0.15, 0.2) is 48.5 Å². The highest BCUT2D eigenvalue weighted by Gasteiger charge is 2.13. The number of esters is 1. The van der Waals surface area contributed by atoms with Crippen molar-refractivity contribution in [3.63, 3.8) is 0 Å². The van der Waals surface area contributed by atoms with Crippen LogP contribution in [0.1, 0.15) is 13.8 Å². The van der Waals surface area contributed by atoms with Gasteiger partial charge in [-0.2, -0.15) is 0 Å². The van der Waals surface area contributed by atoms with E-state index in [0.717, 1.165) is 0 Å². The first-order chi connectivity index (χ1) is 11.8. The minimum absolute atomic E-state index is 0.348. The first kappa shape index (κ1) is 20.3. The monoisotopic (exact) mass is 366 g/mol. The third kappa shape index (κ3) is 7.14. The average molecular weight is 367 g/mol. The van der Waals surface area contributed by atoms with E-state index >= 15 is 0 Å². The minimum Gasteiger partial charge on any atom is -0.493 e. The molecule has 0 fully saturated rings. The summed E-state index contributed by atoms with van der Waals surface area (Å²) in [6.45, 7) is 2.80. The number of carboxylic acid groups (broad SMARTS) is 1. The summed E-state index contributed by atoms with van der Waals surface area (Å²) in [5, 5.41) is 8.98. The highest BCUT2D eigenvalue weighted by atomic mass is 35.5. The summed E-state index contributed by atoms with van der Waals surface area (Å²) in [7, 11) is 1.53. The van der Waals surface area contributed by atoms with Crippen LogP contribution in [0.4, 0.5) is 0 Å². The van der Waals surface area contributed by atoms with E-state index < -0.39 is 12.1 Å². The molecule has 2 aromatic carbocycles. The normalized spacial score (nSPS) is 10.7. The van der Waals surface area contributed by atoms with E-state index in [0.29, 0.717) is 22.3 Å². The molecule has 0 aliphatic carbocycles. The molecule has 0 aliphatic heterocycles. The molecule has 134 valence electrons. The predicted octanol–water partition coefficient (Wildman–Crippen LogP) is 3.81. The Morgan fingerprint density at radius 3 is 2.00 bits per heavy atom. The highest BCUT2D eigenvalue weighted by Crippen LogP contribution is 2.25. The third-order valence-corrected chi connectivity index (χ3v) is 3.12. The van der Waals surface area contributed by atoms with Gasteiger partial charge in [-0.25, -0.2) is 4.79 Å². The van der Waals surface area contributed by atoms with Crippen LogP contribution in [0.3, 0.4) is 0 Å². The van der Waals surface area contributed by atoms with Gasteiger partial charge in [-0.05, 0) is 31.2 Å². The molecule has 7 heteroatoms. The Hall–Kier alpha value is -2.73. The quantitative estimate of drug-likeness (QED) is 0.640. The summed E-state index contributed by atoms with van der Waals surface area (Å²) in [6.07, 6.45) is -0.889. The van der Waals surface area contributed by atoms with Crippen molar-refractivity contribution in [2.24, 2.45) is 0 Å². The lowest BCUT2D eigenvalue weighted by Crippen LogP contribution is -2.22. The second-order valence-corrected chi connectivity index (χ2v) is 5.18. The topological polar surface area (TPSA) is 82.1 Å². The van der Waals surface area contributed by atoms with Crippen molar-refractivity contribution in [2.45, 2.75) is 20.0 Å². The molecular weight excluding hydrogens is 348 g/mol. The first-order valence-electron chi connectivity index (χ1n) is 7.30. The van der Waals surface area contributed by atoms with Crippen LogP contribution in [0.2, 0.25) is 5.02 Å². The highest BCUT2D eigenvalue weighted by molar-refractivity contribution is 6.32. The number of aliphatic carboxylic acids is 1. The van der Waals surface area contributed by atoms with Gasteiger partial charge >= 0.3 is 11.9 Å². The number of ether oxygens (including phenoxy) is 3. The van der Waals surface area contributed by atoms with Gasteiger partial charge in [-0.15, -0.1) is 0 Å². The Balaban J connectivity index is 0.000000251. The van der Waals surface area contributed by atoms with Crippen LogP contribution in [0.25, 0.3) is 0 Å². The fraction of sp³-hybridized carbons (Fsp3) is 0.222. The standard InChI is InChI=1S/C9H9ClO3.C9H10O3/c1-6(9(11)12)13-8-5-3-2-4-7(8)10;1-7(10)12-9-6-4-3-5-8(9)11-2/h2-6H,1H3,(H,11,12);3-6H,1-2H3. The van der Waals surface area contributed by atoms with Gasteiger partial charge in [-0.1, -0.05) is 35.9 Å². The molecule has 0 saturated carbocycles. The van der Waals surface area contributed by atoms with E-state index in [9.17, 15) is 9.59 Å². The Kier molecular flexibility index (Phi) is 8.29. The lowest BCUT2D eigenvalue weighted by Gasteiger charge is -2.10. The van der Waals surface area contributed by atoms with Crippen molar-refractivity contribution in [3.05, 3.63) is 53.6 Å². The molecular formula is C18H19ClO6. The van der Waals surface area contributed by atoms with E-state index in [4.69, 9.17) is 30.9 Å². The first-order valence-corrected chi connectivity index (χ1v) is 7.68. The molecule has 0 heterocycles. The van der Waals surface area contributed by atoms with Gasteiger partial charge in [0.1, 0.15) is 5.75 Å². The molecule has 0 radical (unpaired) electrons. The lowest BCUT2D eigenvalue weighted by atomic mass is 10.3.